The number of hydrogen-bond acceptors (Lipinski definition) is 12. The number of hydrogen-bond donors (Lipinski definition) is 7. The number of esters is 1. The number of carbonyl (C=O) groups excluding carboxylic acids is 1. The van der Waals surface area contributed by atoms with E-state index < -0.39 is 80.6 Å². The Labute approximate surface area is 211 Å². The van der Waals surface area contributed by atoms with E-state index in [1.54, 1.807) is 0 Å². The van der Waals surface area contributed by atoms with Crippen molar-refractivity contribution in [2.45, 2.75) is 126 Å². The number of aliphatic hydroxyl groups excluding tert-OH is 7. The summed E-state index contributed by atoms with van der Waals surface area (Å²) < 4.78 is 21.3. The summed E-state index contributed by atoms with van der Waals surface area (Å²) in [7, 11) is 0. The van der Waals surface area contributed by atoms with Gasteiger partial charge in [-0.05, 0) is 6.42 Å². The summed E-state index contributed by atoms with van der Waals surface area (Å²) in [6, 6.07) is 0. The molecular weight excluding hydrogens is 480 g/mol. The lowest BCUT2D eigenvalue weighted by molar-refractivity contribution is -0.383. The first kappa shape index (κ1) is 31.3. The number of rotatable bonds is 16. The number of unbranched alkanes of at least 4 members (excludes halogenated alkanes) is 8. The summed E-state index contributed by atoms with van der Waals surface area (Å²) in [5.74, 6) is -2.76. The SMILES string of the molecule is CCCCCCCCCCCC(=O)OC[C@H]1O[C@@](CO)(O[C@H]2O[C@H](CO)[C@@H](O)[C@H](O)[C@H]2O)[C@@H](O)[C@@H]1O. The van der Waals surface area contributed by atoms with Gasteiger partial charge in [0, 0.05) is 6.42 Å². The molecule has 0 unspecified atom stereocenters. The standard InChI is InChI=1S/C24H44O12/c1-2-3-4-5-6-7-8-9-10-11-17(27)33-13-16-19(29)22(32)24(14-26,35-16)36-23-21(31)20(30)18(28)15(12-25)34-23/h15-16,18-23,25-26,28-32H,2-14H2,1H3/t15-,16-,18-,19-,20+,21-,22+,23-,24+/m1/s1. The van der Waals surface area contributed by atoms with E-state index in [1.807, 2.05) is 0 Å². The topological polar surface area (TPSA) is 196 Å². The van der Waals surface area contributed by atoms with Gasteiger partial charge in [-0.15, -0.1) is 0 Å². The first-order valence-electron chi connectivity index (χ1n) is 13.0. The Morgan fingerprint density at radius 2 is 1.42 bits per heavy atom. The number of aliphatic hydroxyl groups is 7. The minimum atomic E-state index is -2.28. The van der Waals surface area contributed by atoms with Crippen LogP contribution in [0.1, 0.15) is 71.1 Å². The van der Waals surface area contributed by atoms with Crippen molar-refractivity contribution >= 4 is 5.97 Å². The lowest BCUT2D eigenvalue weighted by atomic mass is 9.99. The van der Waals surface area contributed by atoms with E-state index in [0.717, 1.165) is 19.3 Å². The highest BCUT2D eigenvalue weighted by atomic mass is 16.8. The van der Waals surface area contributed by atoms with Gasteiger partial charge in [-0.1, -0.05) is 58.3 Å². The lowest BCUT2D eigenvalue weighted by Gasteiger charge is -2.43. The Balaban J connectivity index is 1.78. The van der Waals surface area contributed by atoms with Gasteiger partial charge >= 0.3 is 5.97 Å². The van der Waals surface area contributed by atoms with Crippen molar-refractivity contribution in [3.63, 3.8) is 0 Å². The van der Waals surface area contributed by atoms with E-state index in [2.05, 4.69) is 6.92 Å². The van der Waals surface area contributed by atoms with E-state index in [0.29, 0.717) is 6.42 Å². The summed E-state index contributed by atoms with van der Waals surface area (Å²) in [4.78, 5) is 12.1. The van der Waals surface area contributed by atoms with Crippen LogP contribution in [-0.2, 0) is 23.7 Å². The van der Waals surface area contributed by atoms with Crippen molar-refractivity contribution in [2.75, 3.05) is 19.8 Å². The molecule has 0 saturated carbocycles. The molecule has 7 N–H and O–H groups in total. The molecule has 12 nitrogen and oxygen atoms in total. The highest BCUT2D eigenvalue weighted by Crippen LogP contribution is 2.36. The fourth-order valence-electron chi connectivity index (χ4n) is 4.45. The fourth-order valence-corrected chi connectivity index (χ4v) is 4.45. The zero-order valence-corrected chi connectivity index (χ0v) is 21.0. The van der Waals surface area contributed by atoms with Crippen LogP contribution in [0.4, 0.5) is 0 Å². The maximum atomic E-state index is 12.1. The predicted molar refractivity (Wildman–Crippen MR) is 124 cm³/mol. The molecule has 0 spiro atoms. The minimum Gasteiger partial charge on any atom is -0.463 e. The molecule has 0 amide bonds. The fraction of sp³-hybridized carbons (Fsp3) is 0.958. The Morgan fingerprint density at radius 3 is 2.00 bits per heavy atom. The van der Waals surface area contributed by atoms with E-state index in [1.165, 1.54) is 32.1 Å². The Morgan fingerprint density at radius 1 is 0.806 bits per heavy atom. The van der Waals surface area contributed by atoms with Crippen molar-refractivity contribution in [3.05, 3.63) is 0 Å². The van der Waals surface area contributed by atoms with Crippen molar-refractivity contribution in [3.8, 4) is 0 Å². The van der Waals surface area contributed by atoms with Crippen LogP contribution >= 0.6 is 0 Å². The monoisotopic (exact) mass is 524 g/mol. The average molecular weight is 525 g/mol. The molecule has 0 aliphatic carbocycles. The molecule has 0 radical (unpaired) electrons. The summed E-state index contributed by atoms with van der Waals surface area (Å²) in [5.41, 5.74) is 0. The average Bonchev–Trinajstić information content (AvgIpc) is 3.11. The van der Waals surface area contributed by atoms with Crippen LogP contribution in [0.5, 0.6) is 0 Å². The minimum absolute atomic E-state index is 0.202. The van der Waals surface area contributed by atoms with Crippen LogP contribution in [0.3, 0.4) is 0 Å². The molecule has 36 heavy (non-hydrogen) atoms. The highest BCUT2D eigenvalue weighted by Gasteiger charge is 2.58. The van der Waals surface area contributed by atoms with E-state index in [4.69, 9.17) is 18.9 Å². The van der Waals surface area contributed by atoms with Gasteiger partial charge in [0.05, 0.1) is 6.61 Å². The molecule has 2 aliphatic heterocycles. The summed E-state index contributed by atoms with van der Waals surface area (Å²) in [6.07, 6.45) is -2.74. The molecule has 2 aliphatic rings. The van der Waals surface area contributed by atoms with Gasteiger partial charge in [-0.3, -0.25) is 4.79 Å². The van der Waals surface area contributed by atoms with Crippen LogP contribution in [0, 0.1) is 0 Å². The van der Waals surface area contributed by atoms with Gasteiger partial charge in [0.1, 0.15) is 55.9 Å². The van der Waals surface area contributed by atoms with E-state index in [-0.39, 0.29) is 6.42 Å². The Bertz CT molecular complexity index is 634. The van der Waals surface area contributed by atoms with Crippen molar-refractivity contribution in [1.29, 1.82) is 0 Å². The highest BCUT2D eigenvalue weighted by molar-refractivity contribution is 5.69. The second-order valence-electron chi connectivity index (χ2n) is 9.64. The van der Waals surface area contributed by atoms with E-state index in [9.17, 15) is 40.5 Å². The molecule has 2 saturated heterocycles. The van der Waals surface area contributed by atoms with Gasteiger partial charge in [-0.25, -0.2) is 0 Å². The molecule has 212 valence electrons. The van der Waals surface area contributed by atoms with E-state index >= 15 is 0 Å². The third-order valence-corrected chi connectivity index (χ3v) is 6.78. The zero-order valence-electron chi connectivity index (χ0n) is 21.0. The van der Waals surface area contributed by atoms with Crippen LogP contribution in [0.25, 0.3) is 0 Å². The van der Waals surface area contributed by atoms with Crippen LogP contribution in [0.15, 0.2) is 0 Å². The van der Waals surface area contributed by atoms with Gasteiger partial charge in [0.2, 0.25) is 5.79 Å². The molecule has 0 aromatic carbocycles. The summed E-state index contributed by atoms with van der Waals surface area (Å²) >= 11 is 0. The maximum absolute atomic E-state index is 12.1. The molecule has 0 aromatic rings. The molecule has 0 bridgehead atoms. The van der Waals surface area contributed by atoms with Crippen LogP contribution in [0.2, 0.25) is 0 Å². The smallest absolute Gasteiger partial charge is 0.305 e. The normalized spacial score (nSPS) is 36.8. The third-order valence-electron chi connectivity index (χ3n) is 6.78. The quantitative estimate of drug-likeness (QED) is 0.0970. The van der Waals surface area contributed by atoms with Crippen molar-refractivity contribution in [2.24, 2.45) is 0 Å². The first-order valence-corrected chi connectivity index (χ1v) is 13.0. The lowest BCUT2D eigenvalue weighted by Crippen LogP contribution is -2.62. The molecule has 2 rings (SSSR count). The Hall–Kier alpha value is -0.930. The van der Waals surface area contributed by atoms with Gasteiger partial charge in [0.25, 0.3) is 0 Å². The van der Waals surface area contributed by atoms with Crippen LogP contribution < -0.4 is 0 Å². The first-order chi connectivity index (χ1) is 17.2. The largest absolute Gasteiger partial charge is 0.463 e. The molecule has 9 atom stereocenters. The maximum Gasteiger partial charge on any atom is 0.305 e. The van der Waals surface area contributed by atoms with Gasteiger partial charge in [0.15, 0.2) is 6.29 Å². The zero-order chi connectivity index (χ0) is 26.7. The van der Waals surface area contributed by atoms with Crippen molar-refractivity contribution in [1.82, 2.24) is 0 Å². The molecule has 2 fully saturated rings. The predicted octanol–water partition coefficient (Wildman–Crippen LogP) is -0.924. The molecule has 0 aromatic heterocycles. The van der Waals surface area contributed by atoms with Gasteiger partial charge < -0.3 is 54.7 Å². The second-order valence-corrected chi connectivity index (χ2v) is 9.64. The van der Waals surface area contributed by atoms with Crippen LogP contribution in [-0.4, -0.2) is 116 Å². The second kappa shape index (κ2) is 15.5. The van der Waals surface area contributed by atoms with Gasteiger partial charge in [-0.2, -0.15) is 0 Å². The Kier molecular flexibility index (Phi) is 13.4. The number of ether oxygens (including phenoxy) is 4. The summed E-state index contributed by atoms with van der Waals surface area (Å²) in [6.45, 7) is 0.0831. The molecule has 2 heterocycles. The summed E-state index contributed by atoms with van der Waals surface area (Å²) in [5, 5.41) is 70.1. The third kappa shape index (κ3) is 8.29. The molecule has 12 heteroatoms. The molecular formula is C24H44O12. The number of carbonyl (C=O) groups is 1. The van der Waals surface area contributed by atoms with Crippen molar-refractivity contribution < 1.29 is 59.5 Å².